The van der Waals surface area contributed by atoms with Crippen molar-refractivity contribution in [3.8, 4) is 0 Å². The molecule has 4 aromatic heterocycles. The molecule has 6 heterocycles. The fourth-order valence-corrected chi connectivity index (χ4v) is 9.05. The molecule has 25 heteroatoms. The Morgan fingerprint density at radius 1 is 1.28 bits per heavy atom. The van der Waals surface area contributed by atoms with Crippen LogP contribution >= 0.6 is 38.5 Å². The van der Waals surface area contributed by atoms with E-state index in [9.17, 15) is 19.0 Å². The first-order chi connectivity index (χ1) is 22.3. The maximum absolute atomic E-state index is 13.9. The molecule has 0 bridgehead atoms. The summed E-state index contributed by atoms with van der Waals surface area (Å²) < 4.78 is 64.6. The number of nitrogens with two attached hydrogens (primary N) is 2. The molecule has 0 amide bonds. The topological polar surface area (TPSA) is 282 Å². The Hall–Kier alpha value is -2.69. The zero-order chi connectivity index (χ0) is 33.5. The minimum Gasteiger partial charge on any atom is -0.394 e. The normalized spacial score (nSPS) is 33.7. The average molecular weight is 734 g/mol. The molecule has 254 valence electrons. The summed E-state index contributed by atoms with van der Waals surface area (Å²) in [5.41, 5.74) is 8.76. The van der Waals surface area contributed by atoms with E-state index in [4.69, 9.17) is 39.2 Å². The van der Waals surface area contributed by atoms with Crippen molar-refractivity contribution >= 4 is 72.6 Å². The van der Waals surface area contributed by atoms with Gasteiger partial charge in [-0.15, -0.1) is 5.10 Å². The van der Waals surface area contributed by atoms with Gasteiger partial charge in [0.05, 0.1) is 25.6 Å². The Morgan fingerprint density at radius 2 is 2.06 bits per heavy atom. The molecule has 1 aliphatic carbocycles. The second-order valence-electron chi connectivity index (χ2n) is 11.4. The first-order valence-corrected chi connectivity index (χ1v) is 19.2. The van der Waals surface area contributed by atoms with Crippen LogP contribution in [0.3, 0.4) is 0 Å². The molecule has 47 heavy (non-hydrogen) atoms. The maximum Gasteiger partial charge on any atom is 0.386 e. The number of thiol groups is 2. The van der Waals surface area contributed by atoms with Gasteiger partial charge in [-0.25, -0.2) is 19.5 Å². The molecular weight excluding hydrogens is 704 g/mol. The summed E-state index contributed by atoms with van der Waals surface area (Å²) in [6.07, 6.45) is -1.85. The van der Waals surface area contributed by atoms with E-state index in [2.05, 4.69) is 59.7 Å². The van der Waals surface area contributed by atoms with Crippen LogP contribution in [0.5, 0.6) is 0 Å². The lowest BCUT2D eigenvalue weighted by Crippen LogP contribution is -2.45. The molecular formula is C22H29N11O10P2S2. The highest BCUT2D eigenvalue weighted by molar-refractivity contribution is 8.44. The van der Waals surface area contributed by atoms with Crippen LogP contribution in [0.1, 0.15) is 25.8 Å². The van der Waals surface area contributed by atoms with Gasteiger partial charge >= 0.3 is 6.80 Å². The van der Waals surface area contributed by atoms with Crippen LogP contribution < -0.4 is 17.0 Å². The number of nitrogen functional groups attached to an aromatic ring is 2. The summed E-state index contributed by atoms with van der Waals surface area (Å²) in [6.45, 7) is -3.57. The first kappa shape index (κ1) is 32.8. The molecule has 10 atom stereocenters. The highest BCUT2D eigenvalue weighted by Gasteiger charge is 2.73. The molecule has 2 unspecified atom stereocenters. The minimum absolute atomic E-state index is 0.0112. The van der Waals surface area contributed by atoms with Gasteiger partial charge in [0.25, 0.3) is 5.56 Å². The van der Waals surface area contributed by atoms with Crippen LogP contribution in [0, 0.1) is 5.92 Å². The Bertz CT molecular complexity index is 2000. The van der Waals surface area contributed by atoms with Crippen molar-refractivity contribution in [1.29, 1.82) is 0 Å². The Balaban J connectivity index is 1.16. The number of nitrogens with zero attached hydrogens (tertiary/aromatic N) is 8. The highest BCUT2D eigenvalue weighted by Crippen LogP contribution is 2.71. The molecule has 4 aromatic rings. The summed E-state index contributed by atoms with van der Waals surface area (Å²) in [5.74, 6) is -0.491. The standard InChI is InChI=1S/C22H29N11O10P2S2/c1-21(13(42-44(36)46)12(38-2)18(41-21)32-7-27-10-14(23)25-6-26-15(10)32)5-39-45(37,47)43-22-3-8(22)9(4-34)40-19(22)33-16-11(30-31-33)17(35)29-20(24)28-16/h6-9,12-13,18-19,34,44H,3-5H2,1-2H3,(H,36,46)(H,37,47)(H2,23,25,26)(H3,24,28,29,35)/t8-,9+,12+,13-,18-,19+,21+,22-,45?/m0/s1. The molecule has 3 fully saturated rings. The van der Waals surface area contributed by atoms with E-state index in [0.717, 1.165) is 0 Å². The number of aliphatic hydroxyl groups is 1. The number of ether oxygens (including phenoxy) is 3. The monoisotopic (exact) mass is 733 g/mol. The van der Waals surface area contributed by atoms with E-state index in [1.165, 1.54) is 24.4 Å². The summed E-state index contributed by atoms with van der Waals surface area (Å²) in [7, 11) is -1.46. The zero-order valence-electron chi connectivity index (χ0n) is 24.4. The number of hydrogen-bond donors (Lipinski definition) is 6. The Morgan fingerprint density at radius 3 is 2.79 bits per heavy atom. The number of aromatic amines is 1. The summed E-state index contributed by atoms with van der Waals surface area (Å²) in [6, 6.07) is 0. The molecule has 21 nitrogen and oxygen atoms in total. The molecule has 2 aliphatic heterocycles. The Labute approximate surface area is 274 Å². The van der Waals surface area contributed by atoms with Crippen molar-refractivity contribution in [3.63, 3.8) is 0 Å². The summed E-state index contributed by atoms with van der Waals surface area (Å²) in [4.78, 5) is 31.3. The number of fused-ring (bicyclic) bond motifs is 3. The number of hydrogen-bond acceptors (Lipinski definition) is 18. The van der Waals surface area contributed by atoms with E-state index < -0.39 is 74.1 Å². The molecule has 0 radical (unpaired) electrons. The van der Waals surface area contributed by atoms with Gasteiger partial charge in [-0.05, 0) is 13.3 Å². The quantitative estimate of drug-likeness (QED) is 0.0889. The fraction of sp³-hybridized carbons (Fsp3) is 0.591. The minimum atomic E-state index is -4.29. The lowest BCUT2D eigenvalue weighted by atomic mass is 9.98. The van der Waals surface area contributed by atoms with Gasteiger partial charge in [-0.2, -0.15) is 9.67 Å². The van der Waals surface area contributed by atoms with Gasteiger partial charge in [0.15, 0.2) is 35.1 Å². The van der Waals surface area contributed by atoms with Gasteiger partial charge in [0, 0.05) is 13.0 Å². The largest absolute Gasteiger partial charge is 0.394 e. The number of rotatable bonds is 11. The Kier molecular flexibility index (Phi) is 8.19. The van der Waals surface area contributed by atoms with Crippen LogP contribution in [0.15, 0.2) is 17.4 Å². The predicted octanol–water partition coefficient (Wildman–Crippen LogP) is 0.246. The van der Waals surface area contributed by atoms with Gasteiger partial charge < -0.3 is 35.3 Å². The van der Waals surface area contributed by atoms with Crippen LogP contribution in [0.25, 0.3) is 22.3 Å². The van der Waals surface area contributed by atoms with E-state index in [1.54, 1.807) is 11.5 Å². The number of methoxy groups -OCH3 is 1. The lowest BCUT2D eigenvalue weighted by Gasteiger charge is -2.32. The van der Waals surface area contributed by atoms with Crippen molar-refractivity contribution in [1.82, 2.24) is 44.5 Å². The number of H-pyrrole nitrogens is 1. The lowest BCUT2D eigenvalue weighted by molar-refractivity contribution is -0.112. The van der Waals surface area contributed by atoms with Crippen molar-refractivity contribution in [2.45, 2.75) is 55.3 Å². The van der Waals surface area contributed by atoms with Gasteiger partial charge in [-0.1, -0.05) is 29.7 Å². The predicted molar refractivity (Wildman–Crippen MR) is 168 cm³/mol. The third-order valence-electron chi connectivity index (χ3n) is 8.46. The molecule has 0 spiro atoms. The fourth-order valence-electron chi connectivity index (χ4n) is 6.28. The van der Waals surface area contributed by atoms with Crippen molar-refractivity contribution in [2.75, 3.05) is 31.8 Å². The summed E-state index contributed by atoms with van der Waals surface area (Å²) in [5, 5.41) is 17.9. The second-order valence-corrected chi connectivity index (χ2v) is 16.1. The van der Waals surface area contributed by atoms with Crippen LogP contribution in [-0.4, -0.2) is 99.4 Å². The van der Waals surface area contributed by atoms with Crippen molar-refractivity contribution < 1.29 is 42.0 Å². The SMILES string of the molecule is CO[C@H]1[C@@H](n2cnc3c(N)ncnc32)O[C@](C)(COP(=O)(S)O[C@@]23C[C@H]2[C@@H](CO)O[C@H]3n2nnc3c(=O)[nH]c(N)nc32)[C@H]1O[PH](=O)S. The zero-order valence-corrected chi connectivity index (χ0v) is 28.1. The number of aliphatic hydroxyl groups excluding tert-OH is 1. The average Bonchev–Trinajstić information content (AvgIpc) is 3.36. The van der Waals surface area contributed by atoms with Gasteiger partial charge in [0.1, 0.15) is 35.3 Å². The molecule has 7 rings (SSSR count). The van der Waals surface area contributed by atoms with E-state index in [-0.39, 0.29) is 36.0 Å². The van der Waals surface area contributed by atoms with E-state index >= 15 is 0 Å². The number of aromatic nitrogens is 9. The van der Waals surface area contributed by atoms with Crippen LogP contribution in [0.2, 0.25) is 0 Å². The van der Waals surface area contributed by atoms with Gasteiger partial charge in [0.2, 0.25) is 13.2 Å². The van der Waals surface area contributed by atoms with Crippen LogP contribution in [0.4, 0.5) is 11.8 Å². The molecule has 1 saturated carbocycles. The molecule has 3 aliphatic rings. The van der Waals surface area contributed by atoms with Crippen molar-refractivity contribution in [3.05, 3.63) is 23.0 Å². The highest BCUT2D eigenvalue weighted by atomic mass is 32.7. The van der Waals surface area contributed by atoms with Crippen LogP contribution in [-0.2, 0) is 36.9 Å². The number of anilines is 2. The molecule has 6 N–H and O–H groups in total. The first-order valence-electron chi connectivity index (χ1n) is 13.9. The third kappa shape index (κ3) is 5.46. The van der Waals surface area contributed by atoms with Gasteiger partial charge in [-0.3, -0.25) is 28.0 Å². The van der Waals surface area contributed by atoms with Crippen molar-refractivity contribution in [2.24, 2.45) is 5.92 Å². The smallest absolute Gasteiger partial charge is 0.386 e. The van der Waals surface area contributed by atoms with E-state index in [0.29, 0.717) is 11.2 Å². The summed E-state index contributed by atoms with van der Waals surface area (Å²) >= 11 is 8.22. The number of imidazole rings is 1. The second kappa shape index (κ2) is 11.7. The van der Waals surface area contributed by atoms with E-state index in [1.807, 2.05) is 0 Å². The molecule has 0 aromatic carbocycles. The maximum atomic E-state index is 13.9. The third-order valence-corrected chi connectivity index (χ3v) is 10.9. The number of nitrogens with one attached hydrogen (secondary N) is 1. The molecule has 2 saturated heterocycles.